The van der Waals surface area contributed by atoms with E-state index in [1.165, 1.54) is 23.6 Å². The van der Waals surface area contributed by atoms with E-state index in [9.17, 15) is 14.4 Å². The first kappa shape index (κ1) is 25.6. The van der Waals surface area contributed by atoms with Crippen LogP contribution in [0.15, 0.2) is 77.9 Å². The maximum Gasteiger partial charge on any atom is 0.291 e. The first-order valence-corrected chi connectivity index (χ1v) is 12.2. The Balaban J connectivity index is 1.49. The summed E-state index contributed by atoms with van der Waals surface area (Å²) < 4.78 is 5.25. The van der Waals surface area contributed by atoms with Crippen LogP contribution in [-0.4, -0.2) is 57.0 Å². The predicted octanol–water partition coefficient (Wildman–Crippen LogP) is 3.20. The number of piperazine rings is 1. The van der Waals surface area contributed by atoms with E-state index in [1.807, 2.05) is 18.2 Å². The van der Waals surface area contributed by atoms with Crippen molar-refractivity contribution in [1.82, 2.24) is 10.6 Å². The molecule has 9 heteroatoms. The maximum atomic E-state index is 12.8. The lowest BCUT2D eigenvalue weighted by atomic mass is 10.1. The highest BCUT2D eigenvalue weighted by Crippen LogP contribution is 2.30. The van der Waals surface area contributed by atoms with E-state index in [0.29, 0.717) is 11.3 Å². The van der Waals surface area contributed by atoms with E-state index in [1.54, 1.807) is 24.3 Å². The van der Waals surface area contributed by atoms with Crippen LogP contribution in [-0.2, 0) is 4.79 Å². The fourth-order valence-corrected chi connectivity index (χ4v) is 4.29. The summed E-state index contributed by atoms with van der Waals surface area (Å²) in [6.07, 6.45) is 2.62. The topological polar surface area (TPSA) is 107 Å². The van der Waals surface area contributed by atoms with Crippen molar-refractivity contribution in [3.63, 3.8) is 0 Å². The van der Waals surface area contributed by atoms with Gasteiger partial charge in [0, 0.05) is 50.5 Å². The van der Waals surface area contributed by atoms with Gasteiger partial charge >= 0.3 is 0 Å². The molecular weight excluding hydrogens is 470 g/mol. The van der Waals surface area contributed by atoms with E-state index in [2.05, 4.69) is 51.4 Å². The molecule has 0 atom stereocenters. The molecule has 3 amide bonds. The van der Waals surface area contributed by atoms with Crippen LogP contribution < -0.4 is 25.8 Å². The molecule has 0 aliphatic carbocycles. The largest absolute Gasteiger partial charge is 0.459 e. The smallest absolute Gasteiger partial charge is 0.291 e. The van der Waals surface area contributed by atoms with Crippen LogP contribution in [0.3, 0.4) is 0 Å². The second kappa shape index (κ2) is 11.9. The van der Waals surface area contributed by atoms with E-state index < -0.39 is 5.91 Å². The zero-order valence-corrected chi connectivity index (χ0v) is 20.8. The first-order chi connectivity index (χ1) is 18.0. The van der Waals surface area contributed by atoms with Crippen molar-refractivity contribution in [1.29, 1.82) is 0 Å². The number of carbonyl (C=O) groups excluding carboxylic acids is 3. The predicted molar refractivity (Wildman–Crippen MR) is 144 cm³/mol. The third-order valence-corrected chi connectivity index (χ3v) is 6.22. The number of furan rings is 1. The Kier molecular flexibility index (Phi) is 8.25. The van der Waals surface area contributed by atoms with Gasteiger partial charge in [0.15, 0.2) is 5.76 Å². The monoisotopic (exact) mass is 501 g/mol. The number of nitrogens with zero attached hydrogens (tertiary/aromatic N) is 2. The standard InChI is InChI=1S/C28H31N5O4/c1-3-26(34)29-12-13-30-27(35)21-10-11-24(22(19-21)31-28(36)25-9-6-18-37-25)33-16-14-32(15-17-33)23-8-5-4-7-20(23)2/h3-11,18-19H,1,12-17H2,2H3,(H,29,34)(H,30,35)(H,31,36). The number of anilines is 3. The van der Waals surface area contributed by atoms with Gasteiger partial charge in [0.25, 0.3) is 11.8 Å². The highest BCUT2D eigenvalue weighted by Gasteiger charge is 2.23. The highest BCUT2D eigenvalue weighted by molar-refractivity contribution is 6.05. The molecule has 0 saturated carbocycles. The molecule has 9 nitrogen and oxygen atoms in total. The zero-order valence-electron chi connectivity index (χ0n) is 20.8. The Bertz CT molecular complexity index is 1260. The third-order valence-electron chi connectivity index (χ3n) is 6.22. The molecule has 0 spiro atoms. The van der Waals surface area contributed by atoms with Crippen molar-refractivity contribution in [3.05, 3.63) is 90.4 Å². The van der Waals surface area contributed by atoms with Crippen molar-refractivity contribution < 1.29 is 18.8 Å². The van der Waals surface area contributed by atoms with Crippen molar-refractivity contribution in [3.8, 4) is 0 Å². The molecule has 0 unspecified atom stereocenters. The molecule has 2 heterocycles. The van der Waals surface area contributed by atoms with Gasteiger partial charge in [-0.1, -0.05) is 24.8 Å². The van der Waals surface area contributed by atoms with E-state index >= 15 is 0 Å². The molecule has 1 aromatic heterocycles. The minimum absolute atomic E-state index is 0.183. The number of rotatable bonds is 9. The molecule has 192 valence electrons. The molecule has 0 bridgehead atoms. The number of amides is 3. The number of hydrogen-bond acceptors (Lipinski definition) is 6. The Morgan fingerprint density at radius 2 is 1.59 bits per heavy atom. The van der Waals surface area contributed by atoms with Gasteiger partial charge in [-0.25, -0.2) is 0 Å². The van der Waals surface area contributed by atoms with Crippen molar-refractivity contribution in [2.24, 2.45) is 0 Å². The molecular formula is C28H31N5O4. The molecule has 0 radical (unpaired) electrons. The van der Waals surface area contributed by atoms with Crippen LogP contribution in [0.25, 0.3) is 0 Å². The lowest BCUT2D eigenvalue weighted by molar-refractivity contribution is -0.116. The minimum Gasteiger partial charge on any atom is -0.459 e. The maximum absolute atomic E-state index is 12.8. The van der Waals surface area contributed by atoms with Crippen LogP contribution in [0.5, 0.6) is 0 Å². The van der Waals surface area contributed by atoms with Gasteiger partial charge in [-0.2, -0.15) is 0 Å². The summed E-state index contributed by atoms with van der Waals surface area (Å²) in [5, 5.41) is 8.30. The lowest BCUT2D eigenvalue weighted by Gasteiger charge is -2.38. The van der Waals surface area contributed by atoms with Crippen LogP contribution in [0.4, 0.5) is 17.1 Å². The number of aryl methyl sites for hydroxylation is 1. The van der Waals surface area contributed by atoms with Gasteiger partial charge < -0.3 is 30.2 Å². The first-order valence-electron chi connectivity index (χ1n) is 12.2. The lowest BCUT2D eigenvalue weighted by Crippen LogP contribution is -2.47. The Morgan fingerprint density at radius 1 is 0.892 bits per heavy atom. The fourth-order valence-electron chi connectivity index (χ4n) is 4.29. The van der Waals surface area contributed by atoms with E-state index in [0.717, 1.165) is 31.9 Å². The molecule has 1 aliphatic rings. The van der Waals surface area contributed by atoms with Gasteiger partial charge in [0.2, 0.25) is 5.91 Å². The Morgan fingerprint density at radius 3 is 2.27 bits per heavy atom. The number of para-hydroxylation sites is 1. The molecule has 4 rings (SSSR count). The van der Waals surface area contributed by atoms with Crippen LogP contribution in [0.1, 0.15) is 26.5 Å². The van der Waals surface area contributed by atoms with Crippen LogP contribution in [0, 0.1) is 6.92 Å². The van der Waals surface area contributed by atoms with Gasteiger partial charge in [-0.05, 0) is 55.0 Å². The number of carbonyl (C=O) groups is 3. The summed E-state index contributed by atoms with van der Waals surface area (Å²) in [7, 11) is 0. The minimum atomic E-state index is -0.394. The van der Waals surface area contributed by atoms with E-state index in [-0.39, 0.29) is 30.7 Å². The average Bonchev–Trinajstić information content (AvgIpc) is 3.47. The summed E-state index contributed by atoms with van der Waals surface area (Å²) in [6.45, 7) is 9.22. The second-order valence-electron chi connectivity index (χ2n) is 8.67. The molecule has 37 heavy (non-hydrogen) atoms. The highest BCUT2D eigenvalue weighted by atomic mass is 16.3. The summed E-state index contributed by atoms with van der Waals surface area (Å²) in [5.41, 5.74) is 4.22. The molecule has 3 N–H and O–H groups in total. The molecule has 1 aliphatic heterocycles. The third kappa shape index (κ3) is 6.38. The Hall–Kier alpha value is -4.53. The molecule has 1 saturated heterocycles. The Labute approximate surface area is 216 Å². The summed E-state index contributed by atoms with van der Waals surface area (Å²) >= 11 is 0. The molecule has 1 fully saturated rings. The van der Waals surface area contributed by atoms with Crippen molar-refractivity contribution >= 4 is 34.8 Å². The van der Waals surface area contributed by atoms with Gasteiger partial charge in [0.05, 0.1) is 17.6 Å². The second-order valence-corrected chi connectivity index (χ2v) is 8.67. The average molecular weight is 502 g/mol. The summed E-state index contributed by atoms with van der Waals surface area (Å²) in [4.78, 5) is 41.4. The van der Waals surface area contributed by atoms with E-state index in [4.69, 9.17) is 4.42 Å². The fraction of sp³-hybridized carbons (Fsp3) is 0.250. The SMILES string of the molecule is C=CC(=O)NCCNC(=O)c1ccc(N2CCN(c3ccccc3C)CC2)c(NC(=O)c2ccco2)c1. The van der Waals surface area contributed by atoms with Crippen molar-refractivity contribution in [2.45, 2.75) is 6.92 Å². The van der Waals surface area contributed by atoms with Gasteiger partial charge in [0.1, 0.15) is 0 Å². The summed E-state index contributed by atoms with van der Waals surface area (Å²) in [6, 6.07) is 16.8. The van der Waals surface area contributed by atoms with Crippen LogP contribution >= 0.6 is 0 Å². The molecule has 3 aromatic rings. The molecule has 2 aromatic carbocycles. The number of nitrogens with one attached hydrogen (secondary N) is 3. The number of hydrogen-bond donors (Lipinski definition) is 3. The summed E-state index contributed by atoms with van der Waals surface area (Å²) in [5.74, 6) is -0.820. The normalized spacial score (nSPS) is 13.1. The van der Waals surface area contributed by atoms with Gasteiger partial charge in [-0.15, -0.1) is 0 Å². The van der Waals surface area contributed by atoms with Crippen molar-refractivity contribution in [2.75, 3.05) is 54.4 Å². The van der Waals surface area contributed by atoms with Crippen LogP contribution in [0.2, 0.25) is 0 Å². The quantitative estimate of drug-likeness (QED) is 0.307. The number of benzene rings is 2. The zero-order chi connectivity index (χ0) is 26.2. The van der Waals surface area contributed by atoms with Gasteiger partial charge in [-0.3, -0.25) is 14.4 Å².